The van der Waals surface area contributed by atoms with Crippen molar-refractivity contribution in [2.75, 3.05) is 5.32 Å². The van der Waals surface area contributed by atoms with Crippen molar-refractivity contribution in [3.63, 3.8) is 0 Å². The predicted octanol–water partition coefficient (Wildman–Crippen LogP) is 3.55. The zero-order valence-electron chi connectivity index (χ0n) is 10.2. The average molecular weight is 280 g/mol. The number of para-hydroxylation sites is 2. The number of alkyl halides is 3. The van der Waals surface area contributed by atoms with Crippen LogP contribution in [0.3, 0.4) is 0 Å². The number of hydrogen-bond acceptors (Lipinski definition) is 2. The van der Waals surface area contributed by atoms with Gasteiger partial charge in [-0.3, -0.25) is 4.79 Å². The first-order valence-corrected chi connectivity index (χ1v) is 5.71. The second kappa shape index (κ2) is 5.24. The van der Waals surface area contributed by atoms with Crippen LogP contribution in [-0.2, 0) is 6.18 Å². The molecule has 2 rings (SSSR count). The maximum absolute atomic E-state index is 12.9. The SMILES string of the molecule is NC(=O)c1ccccc1Nc1ccccc1C(F)(F)F. The quantitative estimate of drug-likeness (QED) is 0.903. The highest BCUT2D eigenvalue weighted by molar-refractivity contribution is 5.99. The molecule has 0 atom stereocenters. The van der Waals surface area contributed by atoms with Crippen LogP contribution in [0.2, 0.25) is 0 Å². The van der Waals surface area contributed by atoms with Crippen LogP contribution >= 0.6 is 0 Å². The highest BCUT2D eigenvalue weighted by Crippen LogP contribution is 2.36. The van der Waals surface area contributed by atoms with Crippen molar-refractivity contribution < 1.29 is 18.0 Å². The van der Waals surface area contributed by atoms with Crippen LogP contribution in [0.1, 0.15) is 15.9 Å². The highest BCUT2D eigenvalue weighted by atomic mass is 19.4. The van der Waals surface area contributed by atoms with Gasteiger partial charge in [0.1, 0.15) is 0 Å². The van der Waals surface area contributed by atoms with Gasteiger partial charge in [0, 0.05) is 0 Å². The lowest BCUT2D eigenvalue weighted by Crippen LogP contribution is -2.14. The van der Waals surface area contributed by atoms with E-state index in [1.807, 2.05) is 0 Å². The van der Waals surface area contributed by atoms with Gasteiger partial charge in [-0.1, -0.05) is 24.3 Å². The molecule has 1 amide bonds. The van der Waals surface area contributed by atoms with E-state index in [2.05, 4.69) is 5.32 Å². The van der Waals surface area contributed by atoms with Gasteiger partial charge in [0.25, 0.3) is 5.91 Å². The van der Waals surface area contributed by atoms with Crippen LogP contribution < -0.4 is 11.1 Å². The number of benzene rings is 2. The number of carbonyl (C=O) groups is 1. The summed E-state index contributed by atoms with van der Waals surface area (Å²) < 4.78 is 38.6. The molecular weight excluding hydrogens is 269 g/mol. The minimum absolute atomic E-state index is 0.129. The Hall–Kier alpha value is -2.50. The molecule has 0 saturated carbocycles. The Morgan fingerprint density at radius 3 is 2.10 bits per heavy atom. The number of amides is 1. The molecule has 3 nitrogen and oxygen atoms in total. The highest BCUT2D eigenvalue weighted by Gasteiger charge is 2.33. The smallest absolute Gasteiger partial charge is 0.366 e. The fourth-order valence-corrected chi connectivity index (χ4v) is 1.79. The maximum atomic E-state index is 12.9. The molecule has 0 fully saturated rings. The number of nitrogens with one attached hydrogen (secondary N) is 1. The third-order valence-electron chi connectivity index (χ3n) is 2.69. The first-order valence-electron chi connectivity index (χ1n) is 5.71. The maximum Gasteiger partial charge on any atom is 0.418 e. The van der Waals surface area contributed by atoms with Gasteiger partial charge in [-0.2, -0.15) is 13.2 Å². The molecule has 0 unspecified atom stereocenters. The third kappa shape index (κ3) is 2.90. The van der Waals surface area contributed by atoms with Gasteiger partial charge in [-0.05, 0) is 24.3 Å². The predicted molar refractivity (Wildman–Crippen MR) is 69.7 cm³/mol. The standard InChI is InChI=1S/C14H11F3N2O/c15-14(16,17)10-6-2-4-8-12(10)19-11-7-3-1-5-9(11)13(18)20/h1-8,19H,(H2,18,20). The van der Waals surface area contributed by atoms with Crippen LogP contribution in [0, 0.1) is 0 Å². The lowest BCUT2D eigenvalue weighted by molar-refractivity contribution is -0.136. The van der Waals surface area contributed by atoms with E-state index < -0.39 is 17.6 Å². The summed E-state index contributed by atoms with van der Waals surface area (Å²) in [5, 5.41) is 2.61. The molecule has 0 radical (unpaired) electrons. The normalized spacial score (nSPS) is 11.2. The number of nitrogens with two attached hydrogens (primary N) is 1. The fourth-order valence-electron chi connectivity index (χ4n) is 1.79. The Morgan fingerprint density at radius 1 is 0.950 bits per heavy atom. The molecule has 2 aromatic carbocycles. The van der Waals surface area contributed by atoms with Gasteiger partial charge >= 0.3 is 6.18 Å². The molecular formula is C14H11F3N2O. The Kier molecular flexibility index (Phi) is 3.65. The Morgan fingerprint density at radius 2 is 1.50 bits per heavy atom. The minimum Gasteiger partial charge on any atom is -0.366 e. The number of halogens is 3. The van der Waals surface area contributed by atoms with E-state index in [-0.39, 0.29) is 16.9 Å². The van der Waals surface area contributed by atoms with Gasteiger partial charge in [-0.15, -0.1) is 0 Å². The van der Waals surface area contributed by atoms with Gasteiger partial charge in [-0.25, -0.2) is 0 Å². The van der Waals surface area contributed by atoms with Gasteiger partial charge < -0.3 is 11.1 Å². The van der Waals surface area contributed by atoms with Crippen molar-refractivity contribution in [2.24, 2.45) is 5.73 Å². The molecule has 104 valence electrons. The molecule has 2 aromatic rings. The van der Waals surface area contributed by atoms with E-state index in [1.54, 1.807) is 12.1 Å². The largest absolute Gasteiger partial charge is 0.418 e. The van der Waals surface area contributed by atoms with E-state index in [0.29, 0.717) is 0 Å². The number of primary amides is 1. The Balaban J connectivity index is 2.44. The first-order chi connectivity index (χ1) is 9.39. The lowest BCUT2D eigenvalue weighted by Gasteiger charge is -2.15. The topological polar surface area (TPSA) is 55.1 Å². The van der Waals surface area contributed by atoms with Crippen molar-refractivity contribution in [1.29, 1.82) is 0 Å². The zero-order chi connectivity index (χ0) is 14.8. The second-order valence-electron chi connectivity index (χ2n) is 4.08. The van der Waals surface area contributed by atoms with E-state index in [4.69, 9.17) is 5.73 Å². The molecule has 0 aliphatic rings. The van der Waals surface area contributed by atoms with Crippen LogP contribution in [-0.4, -0.2) is 5.91 Å². The lowest BCUT2D eigenvalue weighted by atomic mass is 10.1. The van der Waals surface area contributed by atoms with Crippen molar-refractivity contribution in [3.05, 3.63) is 59.7 Å². The molecule has 0 heterocycles. The van der Waals surface area contributed by atoms with Gasteiger partial charge in [0.05, 0.1) is 22.5 Å². The summed E-state index contributed by atoms with van der Waals surface area (Å²) in [5.74, 6) is -0.711. The van der Waals surface area contributed by atoms with Crippen LogP contribution in [0.15, 0.2) is 48.5 Å². The molecule has 0 aliphatic heterocycles. The van der Waals surface area contributed by atoms with E-state index >= 15 is 0 Å². The summed E-state index contributed by atoms with van der Waals surface area (Å²) in [4.78, 5) is 11.3. The molecule has 0 aromatic heterocycles. The van der Waals surface area contributed by atoms with Crippen LogP contribution in [0.5, 0.6) is 0 Å². The summed E-state index contributed by atoms with van der Waals surface area (Å²) in [6.07, 6.45) is -4.48. The monoisotopic (exact) mass is 280 g/mol. The third-order valence-corrected chi connectivity index (χ3v) is 2.69. The number of carbonyl (C=O) groups excluding carboxylic acids is 1. The van der Waals surface area contributed by atoms with E-state index in [1.165, 1.54) is 30.3 Å². The number of rotatable bonds is 3. The van der Waals surface area contributed by atoms with E-state index in [0.717, 1.165) is 6.07 Å². The molecule has 3 N–H and O–H groups in total. The van der Waals surface area contributed by atoms with E-state index in [9.17, 15) is 18.0 Å². The van der Waals surface area contributed by atoms with Crippen LogP contribution in [0.4, 0.5) is 24.5 Å². The van der Waals surface area contributed by atoms with Gasteiger partial charge in [0.2, 0.25) is 0 Å². The van der Waals surface area contributed by atoms with Crippen molar-refractivity contribution in [3.8, 4) is 0 Å². The average Bonchev–Trinajstić information content (AvgIpc) is 2.38. The Bertz CT molecular complexity index is 638. The summed E-state index contributed by atoms with van der Waals surface area (Å²) in [6, 6.07) is 11.2. The summed E-state index contributed by atoms with van der Waals surface area (Å²) >= 11 is 0. The van der Waals surface area contributed by atoms with Crippen LogP contribution in [0.25, 0.3) is 0 Å². The summed E-state index contributed by atoms with van der Waals surface area (Å²) in [6.45, 7) is 0. The zero-order valence-corrected chi connectivity index (χ0v) is 10.2. The van der Waals surface area contributed by atoms with Crippen molar-refractivity contribution >= 4 is 17.3 Å². The minimum atomic E-state index is -4.48. The molecule has 0 saturated heterocycles. The Labute approximate surface area is 113 Å². The first kappa shape index (κ1) is 13.9. The second-order valence-corrected chi connectivity index (χ2v) is 4.08. The summed E-state index contributed by atoms with van der Waals surface area (Å²) in [7, 11) is 0. The molecule has 20 heavy (non-hydrogen) atoms. The molecule has 0 bridgehead atoms. The van der Waals surface area contributed by atoms with Crippen molar-refractivity contribution in [2.45, 2.75) is 6.18 Å². The number of anilines is 2. The van der Waals surface area contributed by atoms with Gasteiger partial charge in [0.15, 0.2) is 0 Å². The molecule has 0 aliphatic carbocycles. The molecule has 0 spiro atoms. The fraction of sp³-hybridized carbons (Fsp3) is 0.0714. The number of hydrogen-bond donors (Lipinski definition) is 2. The summed E-state index contributed by atoms with van der Waals surface area (Å²) in [5.41, 5.74) is 4.62. The molecule has 6 heteroatoms. The van der Waals surface area contributed by atoms with Crippen molar-refractivity contribution in [1.82, 2.24) is 0 Å².